The lowest BCUT2D eigenvalue weighted by molar-refractivity contribution is -0.137. The lowest BCUT2D eigenvalue weighted by Crippen LogP contribution is -2.24. The highest BCUT2D eigenvalue weighted by molar-refractivity contribution is 7.80. The number of alkyl halides is 3. The van der Waals surface area contributed by atoms with Gasteiger partial charge in [-0.1, -0.05) is 24.3 Å². The standard InChI is InChI=1S/C15H11F4N3S/c16-12-3-1-2-4-13(12)21-14(23)22-20-9-10-5-7-11(8-6-10)15(17,18)19/h1-9H,(H2,21,22,23)/b20-9-. The van der Waals surface area contributed by atoms with E-state index in [9.17, 15) is 17.6 Å². The van der Waals surface area contributed by atoms with Crippen LogP contribution in [0.5, 0.6) is 0 Å². The highest BCUT2D eigenvalue weighted by atomic mass is 32.1. The van der Waals surface area contributed by atoms with Gasteiger partial charge in [-0.3, -0.25) is 5.43 Å². The second-order valence-electron chi connectivity index (χ2n) is 4.42. The second-order valence-corrected chi connectivity index (χ2v) is 4.83. The van der Waals surface area contributed by atoms with Crippen molar-refractivity contribution in [2.75, 3.05) is 5.32 Å². The van der Waals surface area contributed by atoms with E-state index in [1.165, 1.54) is 30.5 Å². The number of halogens is 4. The topological polar surface area (TPSA) is 36.4 Å². The molecule has 0 aliphatic carbocycles. The number of benzene rings is 2. The third-order valence-electron chi connectivity index (χ3n) is 2.74. The van der Waals surface area contributed by atoms with Crippen LogP contribution in [0.4, 0.5) is 23.2 Å². The molecular formula is C15H11F4N3S. The van der Waals surface area contributed by atoms with Gasteiger partial charge in [0, 0.05) is 0 Å². The normalized spacial score (nSPS) is 11.5. The Labute approximate surface area is 135 Å². The summed E-state index contributed by atoms with van der Waals surface area (Å²) in [6.07, 6.45) is -3.07. The average molecular weight is 341 g/mol. The fourth-order valence-electron chi connectivity index (χ4n) is 1.64. The molecule has 0 saturated heterocycles. The first kappa shape index (κ1) is 16.9. The molecule has 0 bridgehead atoms. The molecule has 0 heterocycles. The number of para-hydroxylation sites is 1. The Bertz CT molecular complexity index is 711. The van der Waals surface area contributed by atoms with Crippen molar-refractivity contribution >= 4 is 29.2 Å². The summed E-state index contributed by atoms with van der Waals surface area (Å²) in [6.45, 7) is 0. The number of hydrogen-bond acceptors (Lipinski definition) is 2. The van der Waals surface area contributed by atoms with Crippen LogP contribution < -0.4 is 10.7 Å². The summed E-state index contributed by atoms with van der Waals surface area (Å²) in [6, 6.07) is 10.4. The number of nitrogens with one attached hydrogen (secondary N) is 2. The van der Waals surface area contributed by atoms with Crippen LogP contribution >= 0.6 is 12.2 Å². The Morgan fingerprint density at radius 3 is 2.30 bits per heavy atom. The molecule has 2 aromatic carbocycles. The number of thiocarbonyl (C=S) groups is 1. The first-order valence-electron chi connectivity index (χ1n) is 6.38. The van der Waals surface area contributed by atoms with Gasteiger partial charge >= 0.3 is 6.18 Å². The van der Waals surface area contributed by atoms with E-state index in [1.807, 2.05) is 0 Å². The minimum atomic E-state index is -4.38. The van der Waals surface area contributed by atoms with Crippen molar-refractivity contribution in [3.05, 3.63) is 65.5 Å². The predicted molar refractivity (Wildman–Crippen MR) is 84.8 cm³/mol. The SMILES string of the molecule is Fc1ccccc1NC(=S)N/N=C\c1ccc(C(F)(F)F)cc1. The van der Waals surface area contributed by atoms with Crippen LogP contribution in [-0.2, 0) is 6.18 Å². The number of hydrazone groups is 1. The summed E-state index contributed by atoms with van der Waals surface area (Å²) >= 11 is 4.93. The maximum absolute atomic E-state index is 13.4. The minimum Gasteiger partial charge on any atom is -0.329 e. The Kier molecular flexibility index (Phi) is 5.28. The van der Waals surface area contributed by atoms with E-state index in [2.05, 4.69) is 15.8 Å². The van der Waals surface area contributed by atoms with Crippen molar-refractivity contribution in [2.45, 2.75) is 6.18 Å². The molecule has 0 spiro atoms. The van der Waals surface area contributed by atoms with Crippen molar-refractivity contribution < 1.29 is 17.6 Å². The maximum Gasteiger partial charge on any atom is 0.416 e. The van der Waals surface area contributed by atoms with E-state index >= 15 is 0 Å². The van der Waals surface area contributed by atoms with Crippen molar-refractivity contribution in [1.82, 2.24) is 5.43 Å². The van der Waals surface area contributed by atoms with Crippen LogP contribution in [0.25, 0.3) is 0 Å². The smallest absolute Gasteiger partial charge is 0.329 e. The van der Waals surface area contributed by atoms with Gasteiger partial charge in [0.1, 0.15) is 5.82 Å². The molecule has 0 fully saturated rings. The molecule has 0 saturated carbocycles. The fourth-order valence-corrected chi connectivity index (χ4v) is 1.80. The third-order valence-corrected chi connectivity index (χ3v) is 2.93. The summed E-state index contributed by atoms with van der Waals surface area (Å²) in [4.78, 5) is 0. The lowest BCUT2D eigenvalue weighted by atomic mass is 10.1. The Morgan fingerprint density at radius 2 is 1.70 bits per heavy atom. The van der Waals surface area contributed by atoms with E-state index in [0.29, 0.717) is 5.56 Å². The van der Waals surface area contributed by atoms with Gasteiger partial charge in [0.05, 0.1) is 17.5 Å². The van der Waals surface area contributed by atoms with Crippen molar-refractivity contribution in [3.63, 3.8) is 0 Å². The zero-order valence-electron chi connectivity index (χ0n) is 11.6. The van der Waals surface area contributed by atoms with Crippen LogP contribution in [0.1, 0.15) is 11.1 Å². The molecule has 2 rings (SSSR count). The molecule has 120 valence electrons. The molecule has 0 unspecified atom stereocenters. The van der Waals surface area contributed by atoms with Gasteiger partial charge in [-0.15, -0.1) is 0 Å². The van der Waals surface area contributed by atoms with Gasteiger partial charge in [-0.05, 0) is 42.0 Å². The number of anilines is 1. The van der Waals surface area contributed by atoms with Gasteiger partial charge in [0.2, 0.25) is 0 Å². The van der Waals surface area contributed by atoms with Gasteiger partial charge in [-0.25, -0.2) is 4.39 Å². The summed E-state index contributed by atoms with van der Waals surface area (Å²) in [5.41, 5.74) is 2.36. The highest BCUT2D eigenvalue weighted by Gasteiger charge is 2.29. The number of nitrogens with zero attached hydrogens (tertiary/aromatic N) is 1. The quantitative estimate of drug-likeness (QED) is 0.381. The molecular weight excluding hydrogens is 330 g/mol. The first-order chi connectivity index (χ1) is 10.9. The Balaban J connectivity index is 1.91. The molecule has 0 radical (unpaired) electrons. The van der Waals surface area contributed by atoms with Gasteiger partial charge in [0.15, 0.2) is 5.11 Å². The van der Waals surface area contributed by atoms with Crippen LogP contribution in [0, 0.1) is 5.82 Å². The molecule has 0 aliphatic rings. The summed E-state index contributed by atoms with van der Waals surface area (Å²) in [5.74, 6) is -0.469. The molecule has 0 atom stereocenters. The van der Waals surface area contributed by atoms with Crippen molar-refractivity contribution in [3.8, 4) is 0 Å². The Morgan fingerprint density at radius 1 is 1.04 bits per heavy atom. The second kappa shape index (κ2) is 7.19. The zero-order chi connectivity index (χ0) is 16.9. The van der Waals surface area contributed by atoms with Crippen molar-refractivity contribution in [1.29, 1.82) is 0 Å². The van der Waals surface area contributed by atoms with Crippen LogP contribution in [0.3, 0.4) is 0 Å². The molecule has 23 heavy (non-hydrogen) atoms. The monoisotopic (exact) mass is 341 g/mol. The van der Waals surface area contributed by atoms with E-state index in [0.717, 1.165) is 12.1 Å². The van der Waals surface area contributed by atoms with Gasteiger partial charge < -0.3 is 5.32 Å². The summed E-state index contributed by atoms with van der Waals surface area (Å²) < 4.78 is 50.6. The number of rotatable bonds is 3. The van der Waals surface area contributed by atoms with E-state index < -0.39 is 17.6 Å². The molecule has 0 amide bonds. The highest BCUT2D eigenvalue weighted by Crippen LogP contribution is 2.28. The lowest BCUT2D eigenvalue weighted by Gasteiger charge is -2.07. The molecule has 3 nitrogen and oxygen atoms in total. The molecule has 0 aliphatic heterocycles. The average Bonchev–Trinajstić information content (AvgIpc) is 2.49. The first-order valence-corrected chi connectivity index (χ1v) is 6.79. The van der Waals surface area contributed by atoms with Crippen molar-refractivity contribution in [2.24, 2.45) is 5.10 Å². The third kappa shape index (κ3) is 5.03. The van der Waals surface area contributed by atoms with E-state index in [1.54, 1.807) is 12.1 Å². The van der Waals surface area contributed by atoms with E-state index in [4.69, 9.17) is 12.2 Å². The molecule has 0 aromatic heterocycles. The molecule has 2 aromatic rings. The van der Waals surface area contributed by atoms with Crippen LogP contribution in [-0.4, -0.2) is 11.3 Å². The summed E-state index contributed by atoms with van der Waals surface area (Å²) in [5, 5.41) is 6.44. The van der Waals surface area contributed by atoms with Gasteiger partial charge in [0.25, 0.3) is 0 Å². The fraction of sp³-hybridized carbons (Fsp3) is 0.0667. The predicted octanol–water partition coefficient (Wildman–Crippen LogP) is 4.17. The summed E-state index contributed by atoms with van der Waals surface area (Å²) in [7, 11) is 0. The van der Waals surface area contributed by atoms with E-state index in [-0.39, 0.29) is 10.8 Å². The Hall–Kier alpha value is -2.48. The molecule has 2 N–H and O–H groups in total. The minimum absolute atomic E-state index is 0.0539. The van der Waals surface area contributed by atoms with Gasteiger partial charge in [-0.2, -0.15) is 18.3 Å². The van der Waals surface area contributed by atoms with Crippen LogP contribution in [0.15, 0.2) is 53.6 Å². The molecule has 8 heteroatoms. The maximum atomic E-state index is 13.4. The van der Waals surface area contributed by atoms with Crippen LogP contribution in [0.2, 0.25) is 0 Å². The zero-order valence-corrected chi connectivity index (χ0v) is 12.4. The largest absolute Gasteiger partial charge is 0.416 e. The number of hydrogen-bond donors (Lipinski definition) is 2.